The highest BCUT2D eigenvalue weighted by molar-refractivity contribution is 5.69. The van der Waals surface area contributed by atoms with Gasteiger partial charge in [-0.05, 0) is 36.0 Å². The first kappa shape index (κ1) is 11.3. The summed E-state index contributed by atoms with van der Waals surface area (Å²) < 4.78 is 5.67. The molecule has 94 valence electrons. The second-order valence-electron chi connectivity index (χ2n) is 6.48. The second kappa shape index (κ2) is 3.60. The van der Waals surface area contributed by atoms with Crippen molar-refractivity contribution < 1.29 is 9.53 Å². The minimum absolute atomic E-state index is 0.0270. The van der Waals surface area contributed by atoms with Gasteiger partial charge in [0, 0.05) is 12.3 Å². The summed E-state index contributed by atoms with van der Waals surface area (Å²) in [7, 11) is 0. The zero-order valence-electron chi connectivity index (χ0n) is 11.0. The molecule has 5 unspecified atom stereocenters. The number of fused-ring (bicyclic) bond motifs is 5. The van der Waals surface area contributed by atoms with Crippen LogP contribution in [0.15, 0.2) is 12.2 Å². The van der Waals surface area contributed by atoms with Crippen LogP contribution < -0.4 is 0 Å². The van der Waals surface area contributed by atoms with Crippen molar-refractivity contribution in [3.8, 4) is 0 Å². The first-order chi connectivity index (χ1) is 8.05. The molecule has 0 aromatic carbocycles. The molecule has 0 aromatic rings. The monoisotopic (exact) mass is 234 g/mol. The lowest BCUT2D eigenvalue weighted by Gasteiger charge is -2.32. The highest BCUT2D eigenvalue weighted by atomic mass is 16.5. The summed E-state index contributed by atoms with van der Waals surface area (Å²) in [6.07, 6.45) is 7.69. The number of hydrogen-bond acceptors (Lipinski definition) is 2. The van der Waals surface area contributed by atoms with Gasteiger partial charge >= 0.3 is 5.97 Å². The first-order valence-corrected chi connectivity index (χ1v) is 6.91. The van der Waals surface area contributed by atoms with Crippen molar-refractivity contribution in [1.29, 1.82) is 0 Å². The van der Waals surface area contributed by atoms with Gasteiger partial charge in [0.25, 0.3) is 0 Å². The number of rotatable bonds is 2. The molecule has 2 heteroatoms. The smallest absolute Gasteiger partial charge is 0.305 e. The molecule has 2 fully saturated rings. The Hall–Kier alpha value is -0.790. The van der Waals surface area contributed by atoms with Crippen molar-refractivity contribution in [2.75, 3.05) is 0 Å². The van der Waals surface area contributed by atoms with Crippen molar-refractivity contribution in [3.63, 3.8) is 0 Å². The zero-order chi connectivity index (χ0) is 12.2. The number of carbonyl (C=O) groups excluding carboxylic acids is 1. The molecule has 2 saturated carbocycles. The Morgan fingerprint density at radius 2 is 2.24 bits per heavy atom. The number of ether oxygens (including phenoxy) is 1. The molecule has 0 amide bonds. The van der Waals surface area contributed by atoms with Crippen LogP contribution in [0.2, 0.25) is 0 Å². The van der Waals surface area contributed by atoms with Crippen LogP contribution in [0.5, 0.6) is 0 Å². The summed E-state index contributed by atoms with van der Waals surface area (Å²) in [6, 6.07) is 0. The van der Waals surface area contributed by atoms with Gasteiger partial charge in [-0.3, -0.25) is 4.79 Å². The van der Waals surface area contributed by atoms with E-state index in [9.17, 15) is 4.79 Å². The maximum absolute atomic E-state index is 11.5. The normalized spacial score (nSPS) is 45.0. The molecule has 17 heavy (non-hydrogen) atoms. The Bertz CT molecular complexity index is 369. The molecule has 0 aliphatic heterocycles. The molecule has 0 heterocycles. The molecular formula is C15H22O2. The van der Waals surface area contributed by atoms with Gasteiger partial charge in [0.2, 0.25) is 0 Å². The number of allylic oxidation sites excluding steroid dienone is 2. The molecule has 2 nitrogen and oxygen atoms in total. The van der Waals surface area contributed by atoms with E-state index in [-0.39, 0.29) is 12.1 Å². The van der Waals surface area contributed by atoms with Crippen LogP contribution in [-0.4, -0.2) is 12.1 Å². The van der Waals surface area contributed by atoms with E-state index in [1.165, 1.54) is 6.42 Å². The van der Waals surface area contributed by atoms with E-state index < -0.39 is 0 Å². The number of carbonyl (C=O) groups is 1. The van der Waals surface area contributed by atoms with Gasteiger partial charge in [0.15, 0.2) is 0 Å². The molecule has 3 rings (SSSR count). The van der Waals surface area contributed by atoms with Crippen molar-refractivity contribution in [2.24, 2.45) is 29.1 Å². The van der Waals surface area contributed by atoms with Crippen LogP contribution in [0.4, 0.5) is 0 Å². The van der Waals surface area contributed by atoms with Gasteiger partial charge in [-0.2, -0.15) is 0 Å². The summed E-state index contributed by atoms with van der Waals surface area (Å²) in [5.74, 6) is 2.75. The SMILES string of the molecule is CCC(=O)OC1CC2C3C=CCC3C1C2(C)C. The Morgan fingerprint density at radius 3 is 2.94 bits per heavy atom. The second-order valence-corrected chi connectivity index (χ2v) is 6.48. The molecule has 0 saturated heterocycles. The Morgan fingerprint density at radius 1 is 1.47 bits per heavy atom. The minimum Gasteiger partial charge on any atom is -0.462 e. The van der Waals surface area contributed by atoms with Crippen molar-refractivity contribution in [3.05, 3.63) is 12.2 Å². The molecule has 5 atom stereocenters. The lowest BCUT2D eigenvalue weighted by molar-refractivity contribution is -0.153. The summed E-state index contributed by atoms with van der Waals surface area (Å²) in [4.78, 5) is 11.5. The summed E-state index contributed by atoms with van der Waals surface area (Å²) in [5.41, 5.74) is 0.346. The maximum atomic E-state index is 11.5. The van der Waals surface area contributed by atoms with Crippen LogP contribution in [-0.2, 0) is 9.53 Å². The fourth-order valence-corrected chi connectivity index (χ4v) is 4.79. The third kappa shape index (κ3) is 1.42. The average molecular weight is 234 g/mol. The van der Waals surface area contributed by atoms with E-state index >= 15 is 0 Å². The van der Waals surface area contributed by atoms with Gasteiger partial charge in [-0.1, -0.05) is 32.9 Å². The molecule has 0 radical (unpaired) electrons. The topological polar surface area (TPSA) is 26.3 Å². The lowest BCUT2D eigenvalue weighted by Crippen LogP contribution is -2.33. The maximum Gasteiger partial charge on any atom is 0.305 e. The average Bonchev–Trinajstić information content (AvgIpc) is 2.87. The van der Waals surface area contributed by atoms with E-state index in [0.717, 1.165) is 18.3 Å². The molecule has 0 spiro atoms. The third-order valence-corrected chi connectivity index (χ3v) is 5.46. The van der Waals surface area contributed by atoms with Gasteiger partial charge < -0.3 is 4.74 Å². The summed E-state index contributed by atoms with van der Waals surface area (Å²) >= 11 is 0. The predicted molar refractivity (Wildman–Crippen MR) is 66.3 cm³/mol. The minimum atomic E-state index is -0.0270. The third-order valence-electron chi connectivity index (χ3n) is 5.46. The fraction of sp³-hybridized carbons (Fsp3) is 0.800. The molecule has 0 N–H and O–H groups in total. The molecule has 0 aromatic heterocycles. The first-order valence-electron chi connectivity index (χ1n) is 6.91. The van der Waals surface area contributed by atoms with Crippen molar-refractivity contribution >= 4 is 5.97 Å². The van der Waals surface area contributed by atoms with Crippen molar-refractivity contribution in [2.45, 2.75) is 46.1 Å². The van der Waals surface area contributed by atoms with Gasteiger partial charge in [-0.15, -0.1) is 0 Å². The van der Waals surface area contributed by atoms with E-state index in [1.54, 1.807) is 0 Å². The van der Waals surface area contributed by atoms with Crippen LogP contribution in [0.3, 0.4) is 0 Å². The highest BCUT2D eigenvalue weighted by Gasteiger charge is 2.63. The molecule has 3 aliphatic carbocycles. The fourth-order valence-electron chi connectivity index (χ4n) is 4.79. The molecule has 3 aliphatic rings. The summed E-state index contributed by atoms with van der Waals surface area (Å²) in [6.45, 7) is 6.61. The largest absolute Gasteiger partial charge is 0.462 e. The van der Waals surface area contributed by atoms with E-state index in [0.29, 0.717) is 23.7 Å². The molecular weight excluding hydrogens is 212 g/mol. The quantitative estimate of drug-likeness (QED) is 0.542. The number of esters is 1. The van der Waals surface area contributed by atoms with Crippen molar-refractivity contribution in [1.82, 2.24) is 0 Å². The van der Waals surface area contributed by atoms with E-state index in [4.69, 9.17) is 4.74 Å². The zero-order valence-corrected chi connectivity index (χ0v) is 11.0. The van der Waals surface area contributed by atoms with Crippen LogP contribution in [0, 0.1) is 29.1 Å². The lowest BCUT2D eigenvalue weighted by atomic mass is 9.78. The van der Waals surface area contributed by atoms with E-state index in [1.807, 2.05) is 6.92 Å². The van der Waals surface area contributed by atoms with Crippen LogP contribution in [0.25, 0.3) is 0 Å². The Labute approximate surface area is 103 Å². The standard InChI is InChI=1S/C15H22O2/c1-4-13(16)17-12-8-11-9-6-5-7-10(9)14(12)15(11,2)3/h5-6,9-12,14H,4,7-8H2,1-3H3. The highest BCUT2D eigenvalue weighted by Crippen LogP contribution is 2.66. The number of hydrogen-bond donors (Lipinski definition) is 0. The van der Waals surface area contributed by atoms with E-state index in [2.05, 4.69) is 26.0 Å². The van der Waals surface area contributed by atoms with Crippen LogP contribution in [0.1, 0.15) is 40.0 Å². The van der Waals surface area contributed by atoms with Gasteiger partial charge in [0.1, 0.15) is 6.10 Å². The Kier molecular flexibility index (Phi) is 2.39. The predicted octanol–water partition coefficient (Wildman–Crippen LogP) is 3.18. The summed E-state index contributed by atoms with van der Waals surface area (Å²) in [5, 5.41) is 0. The van der Waals surface area contributed by atoms with Gasteiger partial charge in [-0.25, -0.2) is 0 Å². The van der Waals surface area contributed by atoms with Gasteiger partial charge in [0.05, 0.1) is 0 Å². The Balaban J connectivity index is 1.83. The molecule has 2 bridgehead atoms. The van der Waals surface area contributed by atoms with Crippen LogP contribution >= 0.6 is 0 Å².